The van der Waals surface area contributed by atoms with E-state index in [9.17, 15) is 24.0 Å². The summed E-state index contributed by atoms with van der Waals surface area (Å²) >= 11 is 0. The summed E-state index contributed by atoms with van der Waals surface area (Å²) in [4.78, 5) is 71.4. The van der Waals surface area contributed by atoms with Crippen LogP contribution in [0.25, 0.3) is 17.0 Å². The van der Waals surface area contributed by atoms with Gasteiger partial charge < -0.3 is 15.4 Å². The molecule has 4 amide bonds. The van der Waals surface area contributed by atoms with Gasteiger partial charge >= 0.3 is 5.97 Å². The molecule has 2 aromatic carbocycles. The zero-order chi connectivity index (χ0) is 35.5. The van der Waals surface area contributed by atoms with Crippen LogP contribution in [0.2, 0.25) is 0 Å². The molecule has 3 aromatic rings. The lowest BCUT2D eigenvalue weighted by atomic mass is 9.92. The lowest BCUT2D eigenvalue weighted by Gasteiger charge is -2.38. The molecule has 13 nitrogen and oxygen atoms in total. The molecule has 3 N–H and O–H groups in total. The first kappa shape index (κ1) is 35.0. The van der Waals surface area contributed by atoms with Crippen molar-refractivity contribution < 1.29 is 28.7 Å². The number of likely N-dealkylation sites (N-methyl/N-ethyl adjacent to an activating group) is 1. The maximum absolute atomic E-state index is 13.7. The largest absolute Gasteiger partial charge is 0.451 e. The Kier molecular flexibility index (Phi) is 10.3. The van der Waals surface area contributed by atoms with Gasteiger partial charge in [0.25, 0.3) is 23.6 Å². The highest BCUT2D eigenvalue weighted by molar-refractivity contribution is 5.94. The lowest BCUT2D eigenvalue weighted by Crippen LogP contribution is -2.62. The van der Waals surface area contributed by atoms with E-state index in [0.29, 0.717) is 41.8 Å². The Morgan fingerprint density at radius 1 is 1.00 bits per heavy atom. The minimum atomic E-state index is -1.29. The van der Waals surface area contributed by atoms with Crippen molar-refractivity contribution in [1.82, 2.24) is 31.1 Å². The lowest BCUT2D eigenvalue weighted by molar-refractivity contribution is -0.162. The van der Waals surface area contributed by atoms with E-state index >= 15 is 0 Å². The van der Waals surface area contributed by atoms with Crippen LogP contribution in [-0.4, -0.2) is 90.5 Å². The molecule has 0 spiro atoms. The van der Waals surface area contributed by atoms with Crippen molar-refractivity contribution in [2.75, 3.05) is 32.7 Å². The van der Waals surface area contributed by atoms with Crippen molar-refractivity contribution in [2.45, 2.75) is 58.2 Å². The fraction of sp³-hybridized carbons (Fsp3) is 0.389. The van der Waals surface area contributed by atoms with Crippen molar-refractivity contribution in [3.8, 4) is 0 Å². The first-order valence-corrected chi connectivity index (χ1v) is 16.3. The normalized spacial score (nSPS) is 22.8. The number of carbonyl (C=O) groups is 5. The SMILES string of the molecule is CNC(=O)c1ccc(C[C@@H]2OC(=O)C(C)(C)/C=C/c3ccc4ccc(nc4c3)N(C)N(C)C(=O)[C@@H]3CCCN(N3)C(=O)[C@H](C)NC2=O)cc1. The van der Waals surface area contributed by atoms with E-state index in [1.807, 2.05) is 30.3 Å². The Bertz CT molecular complexity index is 1790. The van der Waals surface area contributed by atoms with E-state index in [0.717, 1.165) is 10.9 Å². The van der Waals surface area contributed by atoms with Gasteiger partial charge in [-0.15, -0.1) is 0 Å². The van der Waals surface area contributed by atoms with Gasteiger partial charge in [-0.25, -0.2) is 10.4 Å². The van der Waals surface area contributed by atoms with Crippen LogP contribution in [0.15, 0.2) is 60.7 Å². The predicted molar refractivity (Wildman–Crippen MR) is 185 cm³/mol. The van der Waals surface area contributed by atoms with E-state index in [-0.39, 0.29) is 18.2 Å². The summed E-state index contributed by atoms with van der Waals surface area (Å²) in [5.41, 5.74) is 4.48. The highest BCUT2D eigenvalue weighted by Crippen LogP contribution is 2.26. The standard InChI is InChI=1S/C36H43N7O6/c1-22-33(46)43-19-7-8-27(40-43)34(47)42(6)41(5)30-16-15-25-12-9-24(20-28(25)39-30)17-18-36(2,3)35(48)49-29(32(45)38-22)21-23-10-13-26(14-11-23)31(44)37-4/h9-18,20,22,27,29,40H,7-8,19,21H2,1-6H3,(H,37,44)(H,38,45)/b18-17+/t22-,27-,29-/m0/s1. The second kappa shape index (κ2) is 14.4. The molecule has 0 aliphatic carbocycles. The molecule has 49 heavy (non-hydrogen) atoms. The number of amides is 4. The van der Waals surface area contributed by atoms with Crippen LogP contribution >= 0.6 is 0 Å². The zero-order valence-corrected chi connectivity index (χ0v) is 28.6. The third-order valence-electron chi connectivity index (χ3n) is 8.91. The number of anilines is 1. The summed E-state index contributed by atoms with van der Waals surface area (Å²) in [5, 5.41) is 10.7. The highest BCUT2D eigenvalue weighted by atomic mass is 16.5. The van der Waals surface area contributed by atoms with E-state index in [1.54, 1.807) is 76.3 Å². The molecule has 2 aliphatic heterocycles. The number of carbonyl (C=O) groups excluding carboxylic acids is 5. The third kappa shape index (κ3) is 7.89. The smallest absolute Gasteiger partial charge is 0.316 e. The topological polar surface area (TPSA) is 153 Å². The number of ether oxygens (including phenoxy) is 1. The molecule has 1 saturated heterocycles. The van der Waals surface area contributed by atoms with Crippen molar-refractivity contribution in [3.63, 3.8) is 0 Å². The van der Waals surface area contributed by atoms with Gasteiger partial charge in [-0.2, -0.15) is 0 Å². The number of cyclic esters (lactones) is 1. The summed E-state index contributed by atoms with van der Waals surface area (Å²) < 4.78 is 5.87. The van der Waals surface area contributed by atoms with Gasteiger partial charge in [0.15, 0.2) is 6.10 Å². The third-order valence-corrected chi connectivity index (χ3v) is 8.91. The molecule has 3 heterocycles. The summed E-state index contributed by atoms with van der Waals surface area (Å²) in [6.45, 7) is 5.27. The molecule has 5 rings (SSSR count). The Morgan fingerprint density at radius 2 is 1.71 bits per heavy atom. The molecule has 1 fully saturated rings. The maximum atomic E-state index is 13.7. The second-order valence-electron chi connectivity index (χ2n) is 13.0. The number of nitrogens with one attached hydrogen (secondary N) is 3. The summed E-state index contributed by atoms with van der Waals surface area (Å²) in [5.74, 6) is -1.70. The number of pyridine rings is 1. The van der Waals surface area contributed by atoms with Crippen LogP contribution in [0, 0.1) is 5.41 Å². The maximum Gasteiger partial charge on any atom is 0.316 e. The zero-order valence-electron chi connectivity index (χ0n) is 28.6. The van der Waals surface area contributed by atoms with Crippen LogP contribution in [-0.2, 0) is 30.3 Å². The Balaban J connectivity index is 1.50. The Labute approximate surface area is 285 Å². The number of hydrazine groups is 2. The minimum absolute atomic E-state index is 0.00335. The average Bonchev–Trinajstić information content (AvgIpc) is 3.11. The van der Waals surface area contributed by atoms with Crippen LogP contribution < -0.4 is 21.1 Å². The van der Waals surface area contributed by atoms with E-state index in [4.69, 9.17) is 9.72 Å². The molecule has 2 aliphatic rings. The number of hydrogen-bond acceptors (Lipinski definition) is 9. The average molecular weight is 670 g/mol. The fourth-order valence-corrected chi connectivity index (χ4v) is 5.65. The number of hydrogen-bond donors (Lipinski definition) is 3. The number of nitrogens with zero attached hydrogens (tertiary/aromatic N) is 4. The molecule has 0 radical (unpaired) electrons. The first-order chi connectivity index (χ1) is 23.3. The van der Waals surface area contributed by atoms with Gasteiger partial charge in [0.1, 0.15) is 17.9 Å². The molecule has 0 saturated carbocycles. The van der Waals surface area contributed by atoms with Gasteiger partial charge in [0.05, 0.1) is 10.9 Å². The van der Waals surface area contributed by atoms with Crippen LogP contribution in [0.1, 0.15) is 55.1 Å². The molecule has 1 aromatic heterocycles. The van der Waals surface area contributed by atoms with Crippen molar-refractivity contribution in [2.24, 2.45) is 5.41 Å². The molecule has 258 valence electrons. The van der Waals surface area contributed by atoms with E-state index in [2.05, 4.69) is 16.1 Å². The van der Waals surface area contributed by atoms with Crippen LogP contribution in [0.5, 0.6) is 0 Å². The Hall–Kier alpha value is -5.30. The molecule has 13 heteroatoms. The first-order valence-electron chi connectivity index (χ1n) is 16.3. The van der Waals surface area contributed by atoms with Gasteiger partial charge in [-0.1, -0.05) is 36.4 Å². The summed E-state index contributed by atoms with van der Waals surface area (Å²) in [6, 6.07) is 14.4. The number of rotatable bonds is 3. The molecular formula is C36H43N7O6. The van der Waals surface area contributed by atoms with Gasteiger partial charge in [0.2, 0.25) is 0 Å². The van der Waals surface area contributed by atoms with Gasteiger partial charge in [-0.05, 0) is 75.1 Å². The van der Waals surface area contributed by atoms with Crippen molar-refractivity contribution in [1.29, 1.82) is 0 Å². The van der Waals surface area contributed by atoms with Crippen molar-refractivity contribution >= 4 is 52.4 Å². The van der Waals surface area contributed by atoms with Crippen LogP contribution in [0.4, 0.5) is 5.82 Å². The number of benzene rings is 2. The molecule has 3 atom stereocenters. The van der Waals surface area contributed by atoms with E-state index in [1.165, 1.54) is 17.1 Å². The number of fused-ring (bicyclic) bond motifs is 4. The monoisotopic (exact) mass is 669 g/mol. The quantitative estimate of drug-likeness (QED) is 0.358. The Morgan fingerprint density at radius 3 is 2.43 bits per heavy atom. The number of esters is 1. The number of aromatic nitrogens is 1. The highest BCUT2D eigenvalue weighted by Gasteiger charge is 2.36. The summed E-state index contributed by atoms with van der Waals surface area (Å²) in [7, 11) is 4.93. The molecule has 5 bridgehead atoms. The molecular weight excluding hydrogens is 626 g/mol. The predicted octanol–water partition coefficient (Wildman–Crippen LogP) is 2.61. The van der Waals surface area contributed by atoms with Gasteiger partial charge in [-0.3, -0.25) is 39.0 Å². The minimum Gasteiger partial charge on any atom is -0.451 e. The van der Waals surface area contributed by atoms with Crippen molar-refractivity contribution in [3.05, 3.63) is 77.4 Å². The summed E-state index contributed by atoms with van der Waals surface area (Å²) in [6.07, 6.45) is 3.30. The molecule has 0 unspecified atom stereocenters. The van der Waals surface area contributed by atoms with Crippen LogP contribution in [0.3, 0.4) is 0 Å². The fourth-order valence-electron chi connectivity index (χ4n) is 5.65. The van der Waals surface area contributed by atoms with E-state index < -0.39 is 41.4 Å². The van der Waals surface area contributed by atoms with Gasteiger partial charge in [0, 0.05) is 45.1 Å². The second-order valence-corrected chi connectivity index (χ2v) is 13.0.